The Labute approximate surface area is 646 Å². The highest BCUT2D eigenvalue weighted by Gasteiger charge is 2.64. The molecular weight excluding hydrogens is 1670 g/mol. The molecule has 0 radical (unpaired) electrons. The van der Waals surface area contributed by atoms with Crippen molar-refractivity contribution in [2.24, 2.45) is 0 Å². The smallest absolute Gasteiger partial charge is 0.398 e. The number of amides is 3. The van der Waals surface area contributed by atoms with Crippen molar-refractivity contribution < 1.29 is 158 Å². The third kappa shape index (κ3) is 42.4. The van der Waals surface area contributed by atoms with Crippen LogP contribution in [0, 0.1) is 0 Å². The molecule has 0 aliphatic carbocycles. The summed E-state index contributed by atoms with van der Waals surface area (Å²) in [4.78, 5) is 158. The lowest BCUT2D eigenvalue weighted by atomic mass is 10.1. The van der Waals surface area contributed by atoms with E-state index in [4.69, 9.17) is 61.7 Å². The van der Waals surface area contributed by atoms with Gasteiger partial charge < -0.3 is 158 Å². The van der Waals surface area contributed by atoms with Crippen LogP contribution in [-0.2, 0) is 93.6 Å². The van der Waals surface area contributed by atoms with Crippen LogP contribution in [0.2, 0.25) is 29.7 Å². The number of hydrogen-bond acceptors (Lipinski definition) is 28. The number of piperidine rings is 3. The third-order valence-electron chi connectivity index (χ3n) is 18.4. The van der Waals surface area contributed by atoms with Crippen LogP contribution in [0.4, 0.5) is 0 Å². The maximum absolute atomic E-state index is 12.8. The molecule has 109 heavy (non-hydrogen) atoms. The molecule has 20 N–H and O–H groups in total. The quantitative estimate of drug-likeness (QED) is 0.0179. The van der Waals surface area contributed by atoms with Gasteiger partial charge in [0.2, 0.25) is 17.7 Å². The minimum Gasteiger partial charge on any atom is -0.398 e. The van der Waals surface area contributed by atoms with E-state index in [1.165, 1.54) is 28.4 Å². The lowest BCUT2D eigenvalue weighted by molar-refractivity contribution is -0.368. The molecule has 0 spiro atoms. The standard InChI is InChI=1S/C30H70N5O15P3Si3.C23H57N6O18P3Si3/c1-7-15-32-18-10-29(11-19-32)55(46-3,47-4)50-56(48-5,30-12-20-33(21-13-30)22-14-31-25-51(36,37)38)49-54(6,45-2)28-8-16-34(17-9-28)23-24-35(26-52(39,40)41)27-53(42,43)44;1-42-51(5,16-26-23(32)11-8-14-29(19-49(36,37)38)20-50(39,40)41)46-53(45-4,18-28-22(31)10-7-13-25-15-48(33,34)35)47-52(43-2,44-3)17-27-21(30)9-6-12-24/h28-31H,7-27H2,1-6H3,(H2,36,37,38)(H2,39,40,41)(H2,42,43,44);25H,6-20,24H2,1-5H3,(H,26,32)(H,27,30)(H,28,31)(H2,33,34,35)(H2,36,37,38)(H2,39,40,41)/p+1. The van der Waals surface area contributed by atoms with Gasteiger partial charge in [-0.25, -0.2) is 0 Å². The van der Waals surface area contributed by atoms with E-state index >= 15 is 0 Å². The molecule has 3 fully saturated rings. The van der Waals surface area contributed by atoms with Gasteiger partial charge in [-0.05, 0) is 130 Å². The van der Waals surface area contributed by atoms with Crippen molar-refractivity contribution >= 4 is 116 Å². The van der Waals surface area contributed by atoms with Gasteiger partial charge in [-0.2, -0.15) is 0 Å². The van der Waals surface area contributed by atoms with Crippen LogP contribution in [0.25, 0.3) is 0 Å². The first-order chi connectivity index (χ1) is 50.5. The van der Waals surface area contributed by atoms with Gasteiger partial charge in [-0.15, -0.1) is 0 Å². The lowest BCUT2D eigenvalue weighted by Crippen LogP contribution is -2.70. The van der Waals surface area contributed by atoms with Crippen molar-refractivity contribution in [1.82, 2.24) is 51.1 Å². The minimum atomic E-state index is -4.65. The second kappa shape index (κ2) is 49.4. The lowest BCUT2D eigenvalue weighted by Gasteiger charge is -2.50. The molecule has 3 rings (SSSR count). The zero-order valence-electron chi connectivity index (χ0n) is 64.8. The number of quaternary nitrogens is 1. The molecule has 0 aromatic carbocycles. The number of carbonyl (C=O) groups excluding carboxylic acids is 3. The second-order valence-corrected chi connectivity index (χ2v) is 56.5. The fourth-order valence-electron chi connectivity index (χ4n) is 12.6. The normalized spacial score (nSPS) is 18.9. The van der Waals surface area contributed by atoms with E-state index in [2.05, 4.69) is 53.9 Å². The van der Waals surface area contributed by atoms with Crippen molar-refractivity contribution in [2.45, 2.75) is 120 Å². The largest absolute Gasteiger partial charge is 0.513 e. The van der Waals surface area contributed by atoms with Gasteiger partial charge in [0.25, 0.3) is 0 Å². The van der Waals surface area contributed by atoms with E-state index in [0.29, 0.717) is 84.5 Å². The molecule has 646 valence electrons. The molecule has 56 heteroatoms. The number of carbonyl (C=O) groups is 3. The highest BCUT2D eigenvalue weighted by molar-refractivity contribution is 7.53. The number of hydrogen-bond donors (Lipinski definition) is 18. The Morgan fingerprint density at radius 2 is 0.807 bits per heavy atom. The predicted molar refractivity (Wildman–Crippen MR) is 411 cm³/mol. The summed E-state index contributed by atoms with van der Waals surface area (Å²) in [5, 5.41) is 13.4. The maximum atomic E-state index is 12.8. The van der Waals surface area contributed by atoms with Crippen LogP contribution in [0.5, 0.6) is 0 Å². The fourth-order valence-corrected chi connectivity index (χ4v) is 40.3. The SMILES string of the molecule is CCCN1CCC([Si](OC)(OC)O[Si](OC)(O[Si](C)(OC)C2CCN(CCN(CP(=O)(O)O)CP(=O)(O)O)CC2)C2CCN(CCNCP(=O)(O)O)CC2)CC1.CO[Si](C)(CNC(=O)CCCN(CP(=O)(O)O)CP(=O)(O)O)O[Si](CNC(=O)CCCNCP(=O)(O)O)(OC)O[Si](CNC(=O)CCC[NH3+])(OC)OC. The van der Waals surface area contributed by atoms with E-state index in [9.17, 15) is 90.7 Å². The molecule has 3 heterocycles. The van der Waals surface area contributed by atoms with Crippen LogP contribution >= 0.6 is 45.6 Å². The average Bonchev–Trinajstić information content (AvgIpc) is 0.757. The summed E-state index contributed by atoms with van der Waals surface area (Å²) in [5.74, 6) is -1.36. The molecule has 0 saturated carbocycles. The topological polar surface area (TPSA) is 611 Å². The van der Waals surface area contributed by atoms with Crippen LogP contribution in [0.15, 0.2) is 0 Å². The first-order valence-electron chi connectivity index (χ1n) is 35.6. The Bertz CT molecular complexity index is 2930. The Balaban J connectivity index is 0.000000742. The van der Waals surface area contributed by atoms with Gasteiger partial charge in [-0.1, -0.05) is 6.92 Å². The summed E-state index contributed by atoms with van der Waals surface area (Å²) >= 11 is 0. The number of rotatable bonds is 56. The molecule has 0 aromatic heterocycles. The average molecular weight is 1800 g/mol. The molecule has 3 amide bonds. The highest BCUT2D eigenvalue weighted by Crippen LogP contribution is 2.48. The van der Waals surface area contributed by atoms with Gasteiger partial charge in [0.15, 0.2) is 0 Å². The Kier molecular flexibility index (Phi) is 47.5. The van der Waals surface area contributed by atoms with Crippen LogP contribution in [-0.4, -0.2) is 358 Å². The molecule has 3 aliphatic heterocycles. The summed E-state index contributed by atoms with van der Waals surface area (Å²) in [5.41, 5.74) is 3.70. The van der Waals surface area contributed by atoms with Gasteiger partial charge in [-0.3, -0.25) is 51.6 Å². The van der Waals surface area contributed by atoms with E-state index in [1.807, 2.05) is 6.55 Å². The maximum Gasteiger partial charge on any atom is 0.513 e. The summed E-state index contributed by atoms with van der Waals surface area (Å²) in [7, 11) is -36.7. The number of nitrogens with one attached hydrogen (secondary N) is 5. The second-order valence-electron chi connectivity index (χ2n) is 27.3. The third-order valence-corrected chi connectivity index (χ3v) is 45.7. The van der Waals surface area contributed by atoms with Gasteiger partial charge >= 0.3 is 97.9 Å². The first-order valence-corrected chi connectivity index (χ1v) is 58.8. The zero-order chi connectivity index (χ0) is 82.8. The first kappa shape index (κ1) is 105. The number of likely N-dealkylation sites (tertiary alicyclic amines) is 3. The molecule has 3 saturated heterocycles. The molecule has 0 bridgehead atoms. The summed E-state index contributed by atoms with van der Waals surface area (Å²) in [6.07, 6.45) is 1.29. The molecule has 0 aromatic rings. The monoisotopic (exact) mass is 1800 g/mol. The van der Waals surface area contributed by atoms with Crippen molar-refractivity contribution in [3.05, 3.63) is 0 Å². The van der Waals surface area contributed by atoms with E-state index < -0.39 is 141 Å². The summed E-state index contributed by atoms with van der Waals surface area (Å²) in [6, 6.07) is 0. The summed E-state index contributed by atoms with van der Waals surface area (Å²) < 4.78 is 145. The van der Waals surface area contributed by atoms with Gasteiger partial charge in [0, 0.05) is 125 Å². The molecular formula is C53H128N11O33P6Si6+. The van der Waals surface area contributed by atoms with Crippen LogP contribution in [0.3, 0.4) is 0 Å². The van der Waals surface area contributed by atoms with Gasteiger partial charge in [0.05, 0.1) is 37.6 Å². The fraction of sp³-hybridized carbons (Fsp3) is 0.943. The van der Waals surface area contributed by atoms with Crippen LogP contribution in [0.1, 0.15) is 90.4 Å². The molecule has 3 aliphatic rings. The minimum absolute atomic E-state index is 0.0189. The van der Waals surface area contributed by atoms with Crippen LogP contribution < -0.4 is 32.3 Å². The van der Waals surface area contributed by atoms with Gasteiger partial charge in [0.1, 0.15) is 25.1 Å². The van der Waals surface area contributed by atoms with E-state index in [0.717, 1.165) is 48.7 Å². The van der Waals surface area contributed by atoms with Crippen molar-refractivity contribution in [3.8, 4) is 0 Å². The predicted octanol–water partition coefficient (Wildman–Crippen LogP) is -1.94. The molecule has 4 unspecified atom stereocenters. The van der Waals surface area contributed by atoms with Crippen molar-refractivity contribution in [3.63, 3.8) is 0 Å². The Hall–Kier alpha value is -0.189. The van der Waals surface area contributed by atoms with Crippen molar-refractivity contribution in [1.29, 1.82) is 0 Å². The molecule has 44 nitrogen and oxygen atoms in total. The highest BCUT2D eigenvalue weighted by atomic mass is 31.2. The summed E-state index contributed by atoms with van der Waals surface area (Å²) in [6.45, 7) is 13.3. The number of nitrogens with zero attached hydrogens (tertiary/aromatic N) is 5. The Morgan fingerprint density at radius 1 is 0.422 bits per heavy atom. The molecule has 4 atom stereocenters. The van der Waals surface area contributed by atoms with E-state index in [-0.39, 0.29) is 99.1 Å². The van der Waals surface area contributed by atoms with E-state index in [1.54, 1.807) is 35.0 Å². The van der Waals surface area contributed by atoms with Crippen molar-refractivity contribution in [2.75, 3.05) is 205 Å². The zero-order valence-corrected chi connectivity index (χ0v) is 76.1. The Morgan fingerprint density at radius 3 is 1.21 bits per heavy atom.